The first-order chi connectivity index (χ1) is 18.8. The minimum Gasteiger partial charge on any atom is -0.493 e. The Morgan fingerprint density at radius 1 is 1.00 bits per heavy atom. The predicted molar refractivity (Wildman–Crippen MR) is 150 cm³/mol. The van der Waals surface area contributed by atoms with Crippen molar-refractivity contribution in [1.82, 2.24) is 15.5 Å². The number of nitrogens with zero attached hydrogens (tertiary/aromatic N) is 1. The van der Waals surface area contributed by atoms with Crippen molar-refractivity contribution in [3.63, 3.8) is 0 Å². The number of unbranched alkanes of at least 4 members (excludes halogenated alkanes) is 3. The van der Waals surface area contributed by atoms with Crippen LogP contribution in [0.15, 0.2) is 36.4 Å². The summed E-state index contributed by atoms with van der Waals surface area (Å²) in [5.41, 5.74) is 2.92. The molecule has 2 N–H and O–H groups in total. The van der Waals surface area contributed by atoms with Gasteiger partial charge in [0.05, 0.1) is 21.3 Å². The highest BCUT2D eigenvalue weighted by Crippen LogP contribution is 2.41. The Kier molecular flexibility index (Phi) is 11.0. The molecule has 1 fully saturated rings. The molecule has 0 spiro atoms. The van der Waals surface area contributed by atoms with E-state index in [0.29, 0.717) is 30.2 Å². The third-order valence-corrected chi connectivity index (χ3v) is 7.03. The number of piperazine rings is 1. The summed E-state index contributed by atoms with van der Waals surface area (Å²) in [5, 5.41) is 5.67. The average molecular weight is 540 g/mol. The summed E-state index contributed by atoms with van der Waals surface area (Å²) >= 11 is 0. The minimum absolute atomic E-state index is 0.000539. The summed E-state index contributed by atoms with van der Waals surface area (Å²) in [6.07, 6.45) is 4.66. The van der Waals surface area contributed by atoms with Gasteiger partial charge >= 0.3 is 0 Å². The largest absolute Gasteiger partial charge is 0.493 e. The second-order valence-electron chi connectivity index (χ2n) is 9.90. The van der Waals surface area contributed by atoms with Gasteiger partial charge in [-0.05, 0) is 47.6 Å². The number of rotatable bonds is 14. The van der Waals surface area contributed by atoms with Crippen molar-refractivity contribution in [2.45, 2.75) is 57.9 Å². The molecule has 1 aliphatic heterocycles. The molecule has 0 radical (unpaired) electrons. The van der Waals surface area contributed by atoms with Crippen LogP contribution in [-0.2, 0) is 14.4 Å². The number of amides is 3. The van der Waals surface area contributed by atoms with Crippen LogP contribution in [0, 0.1) is 0 Å². The summed E-state index contributed by atoms with van der Waals surface area (Å²) in [6, 6.07) is 11.2. The standard InChI is InChI=1S/C30H41N3O6/c1-6-7-8-9-14-31-27(34)18-33-19-28(35)32-24(30(33)36)15-20(2)21-10-12-22(13-11-21)23-16-25(37-3)29(39-5)26(17-23)38-4/h10-13,16-17,20,24H,6-9,14-15,18-19H2,1-5H3,(H,31,34)(H,32,35). The van der Waals surface area contributed by atoms with Crippen LogP contribution in [-0.4, -0.2) is 69.6 Å². The first kappa shape index (κ1) is 29.8. The highest BCUT2D eigenvalue weighted by atomic mass is 16.5. The van der Waals surface area contributed by atoms with Crippen LogP contribution in [0.1, 0.15) is 57.4 Å². The van der Waals surface area contributed by atoms with E-state index in [-0.39, 0.29) is 36.7 Å². The number of ether oxygens (including phenoxy) is 3. The Hall–Kier alpha value is -3.75. The Labute approximate surface area is 231 Å². The van der Waals surface area contributed by atoms with Crippen molar-refractivity contribution in [1.29, 1.82) is 0 Å². The molecule has 2 aromatic carbocycles. The lowest BCUT2D eigenvalue weighted by atomic mass is 9.91. The van der Waals surface area contributed by atoms with Crippen LogP contribution in [0.2, 0.25) is 0 Å². The summed E-state index contributed by atoms with van der Waals surface area (Å²) in [5.74, 6) is 0.976. The molecule has 0 aromatic heterocycles. The van der Waals surface area contributed by atoms with E-state index in [0.717, 1.165) is 42.4 Å². The minimum atomic E-state index is -0.673. The molecule has 0 aliphatic carbocycles. The van der Waals surface area contributed by atoms with Gasteiger partial charge < -0.3 is 29.7 Å². The zero-order chi connectivity index (χ0) is 28.4. The van der Waals surface area contributed by atoms with Gasteiger partial charge in [-0.15, -0.1) is 0 Å². The van der Waals surface area contributed by atoms with Crippen LogP contribution in [0.25, 0.3) is 11.1 Å². The third kappa shape index (κ3) is 7.88. The predicted octanol–water partition coefficient (Wildman–Crippen LogP) is 3.90. The number of hydrogen-bond acceptors (Lipinski definition) is 6. The van der Waals surface area contributed by atoms with Crippen molar-refractivity contribution in [2.75, 3.05) is 41.0 Å². The number of carbonyl (C=O) groups excluding carboxylic acids is 3. The highest BCUT2D eigenvalue weighted by molar-refractivity contribution is 5.97. The van der Waals surface area contributed by atoms with Gasteiger partial charge in [0, 0.05) is 6.54 Å². The Morgan fingerprint density at radius 3 is 2.26 bits per heavy atom. The topological polar surface area (TPSA) is 106 Å². The molecule has 2 atom stereocenters. The molecule has 2 aromatic rings. The lowest BCUT2D eigenvalue weighted by Crippen LogP contribution is -2.59. The average Bonchev–Trinajstić information content (AvgIpc) is 2.94. The molecule has 1 heterocycles. The fraction of sp³-hybridized carbons (Fsp3) is 0.500. The number of methoxy groups -OCH3 is 3. The molecule has 1 aliphatic rings. The summed E-state index contributed by atoms with van der Waals surface area (Å²) in [4.78, 5) is 39.1. The van der Waals surface area contributed by atoms with Gasteiger partial charge in [-0.2, -0.15) is 0 Å². The lowest BCUT2D eigenvalue weighted by Gasteiger charge is -2.33. The number of nitrogens with one attached hydrogen (secondary N) is 2. The number of benzene rings is 2. The molecule has 3 amide bonds. The zero-order valence-electron chi connectivity index (χ0n) is 23.7. The van der Waals surface area contributed by atoms with E-state index >= 15 is 0 Å². The van der Waals surface area contributed by atoms with Crippen molar-refractivity contribution >= 4 is 17.7 Å². The monoisotopic (exact) mass is 539 g/mol. The quantitative estimate of drug-likeness (QED) is 0.353. The molecule has 1 saturated heterocycles. The molecular formula is C30H41N3O6. The maximum atomic E-state index is 13.1. The molecule has 0 bridgehead atoms. The number of carbonyl (C=O) groups is 3. The molecule has 9 heteroatoms. The highest BCUT2D eigenvalue weighted by Gasteiger charge is 2.34. The van der Waals surface area contributed by atoms with Gasteiger partial charge in [-0.25, -0.2) is 0 Å². The van der Waals surface area contributed by atoms with Crippen LogP contribution >= 0.6 is 0 Å². The van der Waals surface area contributed by atoms with Crippen LogP contribution < -0.4 is 24.8 Å². The third-order valence-electron chi connectivity index (χ3n) is 7.03. The van der Waals surface area contributed by atoms with Gasteiger partial charge in [0.25, 0.3) is 0 Å². The second-order valence-corrected chi connectivity index (χ2v) is 9.90. The van der Waals surface area contributed by atoms with Gasteiger partial charge in [-0.3, -0.25) is 14.4 Å². The Bertz CT molecular complexity index is 1110. The summed E-state index contributed by atoms with van der Waals surface area (Å²) in [7, 11) is 4.73. The van der Waals surface area contributed by atoms with E-state index in [2.05, 4.69) is 17.6 Å². The summed E-state index contributed by atoms with van der Waals surface area (Å²) in [6.45, 7) is 4.54. The van der Waals surface area contributed by atoms with E-state index < -0.39 is 6.04 Å². The van der Waals surface area contributed by atoms with Crippen molar-refractivity contribution in [3.8, 4) is 28.4 Å². The maximum Gasteiger partial charge on any atom is 0.246 e. The van der Waals surface area contributed by atoms with E-state index in [9.17, 15) is 14.4 Å². The van der Waals surface area contributed by atoms with Gasteiger partial charge in [0.2, 0.25) is 23.5 Å². The molecular weight excluding hydrogens is 498 g/mol. The smallest absolute Gasteiger partial charge is 0.246 e. The molecule has 39 heavy (non-hydrogen) atoms. The maximum absolute atomic E-state index is 13.1. The molecule has 3 rings (SSSR count). The fourth-order valence-corrected chi connectivity index (χ4v) is 4.82. The van der Waals surface area contributed by atoms with Crippen LogP contribution in [0.4, 0.5) is 0 Å². The summed E-state index contributed by atoms with van der Waals surface area (Å²) < 4.78 is 16.4. The van der Waals surface area contributed by atoms with Crippen LogP contribution in [0.5, 0.6) is 17.2 Å². The van der Waals surface area contributed by atoms with Crippen molar-refractivity contribution in [2.24, 2.45) is 0 Å². The van der Waals surface area contributed by atoms with Gasteiger partial charge in [-0.1, -0.05) is 57.4 Å². The first-order valence-corrected chi connectivity index (χ1v) is 13.6. The van der Waals surface area contributed by atoms with E-state index in [1.165, 1.54) is 4.90 Å². The molecule has 0 saturated carbocycles. The van der Waals surface area contributed by atoms with E-state index in [4.69, 9.17) is 14.2 Å². The number of hydrogen-bond donors (Lipinski definition) is 2. The Balaban J connectivity index is 1.63. The first-order valence-electron chi connectivity index (χ1n) is 13.6. The second kappa shape index (κ2) is 14.4. The van der Waals surface area contributed by atoms with Crippen LogP contribution in [0.3, 0.4) is 0 Å². The molecule has 9 nitrogen and oxygen atoms in total. The van der Waals surface area contributed by atoms with Crippen molar-refractivity contribution < 1.29 is 28.6 Å². The zero-order valence-corrected chi connectivity index (χ0v) is 23.7. The van der Waals surface area contributed by atoms with Crippen molar-refractivity contribution in [3.05, 3.63) is 42.0 Å². The lowest BCUT2D eigenvalue weighted by molar-refractivity contribution is -0.146. The molecule has 2 unspecified atom stereocenters. The van der Waals surface area contributed by atoms with E-state index in [1.54, 1.807) is 21.3 Å². The fourth-order valence-electron chi connectivity index (χ4n) is 4.82. The Morgan fingerprint density at radius 2 is 1.67 bits per heavy atom. The normalized spacial score (nSPS) is 15.9. The van der Waals surface area contributed by atoms with E-state index in [1.807, 2.05) is 43.3 Å². The SMILES string of the molecule is CCCCCCNC(=O)CN1CC(=O)NC(CC(C)c2ccc(-c3cc(OC)c(OC)c(OC)c3)cc2)C1=O. The van der Waals surface area contributed by atoms with Gasteiger partial charge in [0.15, 0.2) is 11.5 Å². The molecule has 212 valence electrons. The van der Waals surface area contributed by atoms with Gasteiger partial charge in [0.1, 0.15) is 19.1 Å².